The third-order valence-corrected chi connectivity index (χ3v) is 4.67. The topological polar surface area (TPSA) is 83.7 Å². The number of pyridine rings is 1. The molecule has 2 heterocycles. The lowest BCUT2D eigenvalue weighted by atomic mass is 10.1. The maximum Gasteiger partial charge on any atom is 0.253 e. The number of fused-ring (bicyclic) bond motifs is 1. The minimum atomic E-state index is 0.119. The van der Waals surface area contributed by atoms with Crippen LogP contribution in [0.15, 0.2) is 36.7 Å². The molecule has 130 valence electrons. The fourth-order valence-corrected chi connectivity index (χ4v) is 3.28. The van der Waals surface area contributed by atoms with Crippen molar-refractivity contribution in [3.63, 3.8) is 0 Å². The number of aryl methyl sites for hydroxylation is 1. The first-order valence-corrected chi connectivity index (χ1v) is 8.79. The van der Waals surface area contributed by atoms with Gasteiger partial charge in [0.1, 0.15) is 18.0 Å². The molecule has 0 atom stereocenters. The van der Waals surface area contributed by atoms with Crippen LogP contribution in [0.5, 0.6) is 5.88 Å². The van der Waals surface area contributed by atoms with Crippen molar-refractivity contribution in [1.82, 2.24) is 15.0 Å². The Labute approximate surface area is 151 Å². The van der Waals surface area contributed by atoms with E-state index < -0.39 is 0 Å². The van der Waals surface area contributed by atoms with Crippen LogP contribution in [-0.2, 0) is 0 Å². The van der Waals surface area contributed by atoms with Gasteiger partial charge in [-0.1, -0.05) is 18.2 Å². The first kappa shape index (κ1) is 16.3. The zero-order chi connectivity index (χ0) is 17.9. The van der Waals surface area contributed by atoms with Crippen LogP contribution in [0.1, 0.15) is 36.9 Å². The van der Waals surface area contributed by atoms with Crippen molar-refractivity contribution in [1.29, 1.82) is 5.26 Å². The summed E-state index contributed by atoms with van der Waals surface area (Å²) in [6.07, 6.45) is 7.79. The zero-order valence-electron chi connectivity index (χ0n) is 14.6. The standard InChI is InChI=1S/C20H19N5O/c1-13-5-4-6-14-9-18(23-11-16(13)14)24-19-12-22-17(10-21)20(25-19)26-15-7-2-3-8-15/h4-6,9,11-12,15H,2-3,7-8H2,1H3,(H,23,24,25). The van der Waals surface area contributed by atoms with E-state index in [9.17, 15) is 5.26 Å². The molecule has 3 aromatic rings. The van der Waals surface area contributed by atoms with Crippen LogP contribution in [-0.4, -0.2) is 21.1 Å². The molecule has 0 unspecified atom stereocenters. The van der Waals surface area contributed by atoms with Crippen molar-refractivity contribution < 1.29 is 4.74 Å². The lowest BCUT2D eigenvalue weighted by Crippen LogP contribution is -2.14. The number of hydrogen-bond donors (Lipinski definition) is 1. The molecule has 2 aromatic heterocycles. The van der Waals surface area contributed by atoms with Gasteiger partial charge in [0.2, 0.25) is 5.69 Å². The lowest BCUT2D eigenvalue weighted by molar-refractivity contribution is 0.200. The Morgan fingerprint density at radius 2 is 2.00 bits per heavy atom. The second-order valence-corrected chi connectivity index (χ2v) is 6.54. The summed E-state index contributed by atoms with van der Waals surface area (Å²) in [7, 11) is 0. The van der Waals surface area contributed by atoms with E-state index in [0.717, 1.165) is 36.5 Å². The number of rotatable bonds is 4. The van der Waals surface area contributed by atoms with E-state index in [0.29, 0.717) is 17.5 Å². The van der Waals surface area contributed by atoms with E-state index in [1.165, 1.54) is 11.8 Å². The molecule has 0 aliphatic heterocycles. The fourth-order valence-electron chi connectivity index (χ4n) is 3.28. The van der Waals surface area contributed by atoms with Crippen LogP contribution in [0.25, 0.3) is 10.8 Å². The maximum absolute atomic E-state index is 9.25. The highest BCUT2D eigenvalue weighted by Gasteiger charge is 2.20. The van der Waals surface area contributed by atoms with Gasteiger partial charge in [-0.3, -0.25) is 0 Å². The zero-order valence-corrected chi connectivity index (χ0v) is 14.6. The highest BCUT2D eigenvalue weighted by molar-refractivity contribution is 5.87. The Hall–Kier alpha value is -3.20. The lowest BCUT2D eigenvalue weighted by Gasteiger charge is -2.14. The number of ether oxygens (including phenoxy) is 1. The monoisotopic (exact) mass is 345 g/mol. The van der Waals surface area contributed by atoms with Gasteiger partial charge in [0.05, 0.1) is 6.20 Å². The van der Waals surface area contributed by atoms with E-state index in [1.807, 2.05) is 30.5 Å². The number of nitrogens with one attached hydrogen (secondary N) is 1. The summed E-state index contributed by atoms with van der Waals surface area (Å²) in [5.74, 6) is 1.48. The predicted octanol–water partition coefficient (Wildman–Crippen LogP) is 4.27. The molecular weight excluding hydrogens is 326 g/mol. The molecule has 6 heteroatoms. The molecule has 1 aliphatic carbocycles. The van der Waals surface area contributed by atoms with Crippen LogP contribution in [0.2, 0.25) is 0 Å². The quantitative estimate of drug-likeness (QED) is 0.760. The van der Waals surface area contributed by atoms with Gasteiger partial charge in [0, 0.05) is 11.6 Å². The smallest absolute Gasteiger partial charge is 0.253 e. The Morgan fingerprint density at radius 1 is 1.15 bits per heavy atom. The Bertz CT molecular complexity index is 989. The van der Waals surface area contributed by atoms with Gasteiger partial charge in [0.25, 0.3) is 5.88 Å². The molecule has 1 aromatic carbocycles. The van der Waals surface area contributed by atoms with E-state index in [4.69, 9.17) is 4.74 Å². The van der Waals surface area contributed by atoms with Crippen molar-refractivity contribution >= 4 is 22.4 Å². The first-order valence-electron chi connectivity index (χ1n) is 8.79. The number of nitriles is 1. The van der Waals surface area contributed by atoms with E-state index in [2.05, 4.69) is 33.3 Å². The van der Waals surface area contributed by atoms with Crippen molar-refractivity contribution in [2.24, 2.45) is 0 Å². The summed E-state index contributed by atoms with van der Waals surface area (Å²) in [6, 6.07) is 10.2. The van der Waals surface area contributed by atoms with E-state index in [-0.39, 0.29) is 11.8 Å². The predicted molar refractivity (Wildman–Crippen MR) is 99.4 cm³/mol. The van der Waals surface area contributed by atoms with Gasteiger partial charge < -0.3 is 10.1 Å². The molecule has 0 spiro atoms. The normalized spacial score (nSPS) is 14.3. The number of aromatic nitrogens is 3. The summed E-state index contributed by atoms with van der Waals surface area (Å²) in [4.78, 5) is 13.1. The van der Waals surface area contributed by atoms with Gasteiger partial charge in [-0.2, -0.15) is 10.2 Å². The molecule has 1 saturated carbocycles. The van der Waals surface area contributed by atoms with Crippen molar-refractivity contribution in [2.45, 2.75) is 38.7 Å². The molecule has 6 nitrogen and oxygen atoms in total. The summed E-state index contributed by atoms with van der Waals surface area (Å²) < 4.78 is 5.91. The average molecular weight is 345 g/mol. The van der Waals surface area contributed by atoms with Crippen LogP contribution < -0.4 is 10.1 Å². The second-order valence-electron chi connectivity index (χ2n) is 6.54. The third kappa shape index (κ3) is 3.29. The minimum absolute atomic E-state index is 0.119. The molecule has 0 saturated heterocycles. The van der Waals surface area contributed by atoms with Gasteiger partial charge in [0.15, 0.2) is 5.82 Å². The Morgan fingerprint density at radius 3 is 2.81 bits per heavy atom. The van der Waals surface area contributed by atoms with Gasteiger partial charge in [-0.05, 0) is 49.6 Å². The largest absolute Gasteiger partial charge is 0.472 e. The van der Waals surface area contributed by atoms with E-state index >= 15 is 0 Å². The van der Waals surface area contributed by atoms with Gasteiger partial charge in [-0.15, -0.1) is 0 Å². The number of benzene rings is 1. The first-order chi connectivity index (χ1) is 12.7. The van der Waals surface area contributed by atoms with Crippen molar-refractivity contribution in [3.05, 3.63) is 47.9 Å². The molecular formula is C20H19N5O. The Kier molecular flexibility index (Phi) is 4.36. The molecule has 1 N–H and O–H groups in total. The molecule has 0 radical (unpaired) electrons. The SMILES string of the molecule is Cc1cccc2cc(Nc3cnc(C#N)c(OC4CCCC4)n3)ncc12. The number of nitrogens with zero attached hydrogens (tertiary/aromatic N) is 4. The van der Waals surface area contributed by atoms with Crippen LogP contribution >= 0.6 is 0 Å². The molecule has 0 amide bonds. The van der Waals surface area contributed by atoms with Crippen LogP contribution in [0.3, 0.4) is 0 Å². The van der Waals surface area contributed by atoms with Crippen LogP contribution in [0.4, 0.5) is 11.6 Å². The van der Waals surface area contributed by atoms with E-state index in [1.54, 1.807) is 0 Å². The molecule has 0 bridgehead atoms. The van der Waals surface area contributed by atoms with Crippen molar-refractivity contribution in [2.75, 3.05) is 5.32 Å². The third-order valence-electron chi connectivity index (χ3n) is 4.67. The van der Waals surface area contributed by atoms with Crippen LogP contribution in [0, 0.1) is 18.3 Å². The van der Waals surface area contributed by atoms with Crippen molar-refractivity contribution in [3.8, 4) is 11.9 Å². The Balaban J connectivity index is 1.60. The number of anilines is 2. The van der Waals surface area contributed by atoms with Gasteiger partial charge in [-0.25, -0.2) is 9.97 Å². The highest BCUT2D eigenvalue weighted by atomic mass is 16.5. The maximum atomic E-state index is 9.25. The summed E-state index contributed by atoms with van der Waals surface area (Å²) in [5, 5.41) is 14.6. The summed E-state index contributed by atoms with van der Waals surface area (Å²) in [6.45, 7) is 2.07. The fraction of sp³-hybridized carbons (Fsp3) is 0.300. The molecule has 4 rings (SSSR count). The minimum Gasteiger partial charge on any atom is -0.472 e. The molecule has 1 aliphatic rings. The average Bonchev–Trinajstić information content (AvgIpc) is 3.15. The highest BCUT2D eigenvalue weighted by Crippen LogP contribution is 2.26. The molecule has 26 heavy (non-hydrogen) atoms. The summed E-state index contributed by atoms with van der Waals surface area (Å²) >= 11 is 0. The molecule has 1 fully saturated rings. The van der Waals surface area contributed by atoms with Gasteiger partial charge >= 0.3 is 0 Å². The number of hydrogen-bond acceptors (Lipinski definition) is 6. The second kappa shape index (κ2) is 6.96. The summed E-state index contributed by atoms with van der Waals surface area (Å²) in [5.41, 5.74) is 1.40.